The van der Waals surface area contributed by atoms with Gasteiger partial charge in [-0.05, 0) is 19.1 Å². The second-order valence-corrected chi connectivity index (χ2v) is 6.38. The van der Waals surface area contributed by atoms with Gasteiger partial charge in [-0.15, -0.1) is 0 Å². The van der Waals surface area contributed by atoms with Crippen molar-refractivity contribution in [1.82, 2.24) is 0 Å². The maximum Gasteiger partial charge on any atom is 0.342 e. The first-order valence-electron chi connectivity index (χ1n) is 6.63. The molecule has 2 rings (SSSR count). The lowest BCUT2D eigenvalue weighted by atomic mass is 10.1. The van der Waals surface area contributed by atoms with Crippen LogP contribution >= 0.6 is 0 Å². The van der Waals surface area contributed by atoms with Crippen LogP contribution in [0.1, 0.15) is 15.9 Å². The minimum Gasteiger partial charge on any atom is -0.479 e. The number of rotatable bonds is 6. The predicted molar refractivity (Wildman–Crippen MR) is 81.6 cm³/mol. The summed E-state index contributed by atoms with van der Waals surface area (Å²) in [7, 11) is -4.38. The number of carbonyl (C=O) groups excluding carboxylic acids is 1. The van der Waals surface area contributed by atoms with Crippen molar-refractivity contribution in [2.24, 2.45) is 0 Å². The Kier molecular flexibility index (Phi) is 4.92. The number of carbonyl (C=O) groups is 2. The third-order valence-electron chi connectivity index (χ3n) is 3.05. The largest absolute Gasteiger partial charge is 0.479 e. The van der Waals surface area contributed by atoms with Gasteiger partial charge in [0.15, 0.2) is 0 Å². The Bertz CT molecular complexity index is 809. The summed E-state index contributed by atoms with van der Waals surface area (Å²) in [5, 5.41) is 9.15. The Labute approximate surface area is 133 Å². The van der Waals surface area contributed by atoms with Crippen molar-refractivity contribution in [3.05, 3.63) is 65.7 Å². The van der Waals surface area contributed by atoms with Gasteiger partial charge >= 0.3 is 5.97 Å². The van der Waals surface area contributed by atoms with Crippen LogP contribution in [0, 0.1) is 6.92 Å². The molecule has 0 aliphatic rings. The molecular weight excluding hydrogens is 320 g/mol. The number of hydrogen-bond donors (Lipinski definition) is 1. The SMILES string of the molecule is Cc1ccc(S(=O)(=O)OC(C(=O)O)C(=O)c2ccccc2)cc1. The molecule has 2 aromatic carbocycles. The first-order valence-corrected chi connectivity index (χ1v) is 8.04. The summed E-state index contributed by atoms with van der Waals surface area (Å²) < 4.78 is 29.0. The molecule has 0 fully saturated rings. The highest BCUT2D eigenvalue weighted by atomic mass is 32.2. The number of ketones is 1. The van der Waals surface area contributed by atoms with Crippen molar-refractivity contribution in [2.75, 3.05) is 0 Å². The Morgan fingerprint density at radius 2 is 1.57 bits per heavy atom. The fraction of sp³-hybridized carbons (Fsp3) is 0.125. The van der Waals surface area contributed by atoms with E-state index in [9.17, 15) is 18.0 Å². The fourth-order valence-electron chi connectivity index (χ4n) is 1.84. The van der Waals surface area contributed by atoms with E-state index in [0.29, 0.717) is 0 Å². The van der Waals surface area contributed by atoms with Gasteiger partial charge in [0.1, 0.15) is 0 Å². The predicted octanol–water partition coefficient (Wildman–Crippen LogP) is 2.04. The molecule has 0 amide bonds. The minimum atomic E-state index is -4.38. The zero-order chi connectivity index (χ0) is 17.0. The van der Waals surface area contributed by atoms with Crippen LogP contribution in [0.5, 0.6) is 0 Å². The summed E-state index contributed by atoms with van der Waals surface area (Å²) in [6.45, 7) is 1.77. The van der Waals surface area contributed by atoms with Gasteiger partial charge in [0.25, 0.3) is 10.1 Å². The minimum absolute atomic E-state index is 0.0546. The smallest absolute Gasteiger partial charge is 0.342 e. The van der Waals surface area contributed by atoms with Crippen molar-refractivity contribution in [1.29, 1.82) is 0 Å². The molecule has 2 aromatic rings. The first-order chi connectivity index (χ1) is 10.8. The third-order valence-corrected chi connectivity index (χ3v) is 4.35. The lowest BCUT2D eigenvalue weighted by Crippen LogP contribution is -2.35. The highest BCUT2D eigenvalue weighted by Crippen LogP contribution is 2.17. The Hall–Kier alpha value is -2.51. The van der Waals surface area contributed by atoms with Crippen LogP contribution in [0.2, 0.25) is 0 Å². The van der Waals surface area contributed by atoms with Crippen molar-refractivity contribution < 1.29 is 27.3 Å². The molecule has 0 aromatic heterocycles. The lowest BCUT2D eigenvalue weighted by Gasteiger charge is -2.13. The van der Waals surface area contributed by atoms with E-state index < -0.39 is 28.0 Å². The molecule has 0 aliphatic heterocycles. The first kappa shape index (κ1) is 16.9. The van der Waals surface area contributed by atoms with E-state index in [1.165, 1.54) is 24.3 Å². The monoisotopic (exact) mass is 334 g/mol. The summed E-state index contributed by atoms with van der Waals surface area (Å²) in [6.07, 6.45) is -2.14. The maximum atomic E-state index is 12.2. The van der Waals surface area contributed by atoms with Crippen LogP contribution in [-0.4, -0.2) is 31.4 Å². The number of hydrogen-bond acceptors (Lipinski definition) is 5. The second kappa shape index (κ2) is 6.72. The molecule has 0 aliphatic carbocycles. The highest BCUT2D eigenvalue weighted by molar-refractivity contribution is 7.86. The summed E-state index contributed by atoms with van der Waals surface area (Å²) >= 11 is 0. The van der Waals surface area contributed by atoms with Gasteiger partial charge in [0.2, 0.25) is 11.9 Å². The summed E-state index contributed by atoms with van der Waals surface area (Å²) in [5.74, 6) is -2.61. The quantitative estimate of drug-likeness (QED) is 0.493. The van der Waals surface area contributed by atoms with E-state index in [1.54, 1.807) is 37.3 Å². The number of carboxylic acids is 1. The molecule has 0 spiro atoms. The summed E-state index contributed by atoms with van der Waals surface area (Å²) in [6, 6.07) is 13.2. The molecule has 23 heavy (non-hydrogen) atoms. The van der Waals surface area contributed by atoms with Crippen LogP contribution in [0.25, 0.3) is 0 Å². The average Bonchev–Trinajstić information content (AvgIpc) is 2.53. The molecule has 7 heteroatoms. The van der Waals surface area contributed by atoms with Gasteiger partial charge < -0.3 is 5.11 Å². The second-order valence-electron chi connectivity index (χ2n) is 4.81. The molecule has 120 valence electrons. The van der Waals surface area contributed by atoms with Gasteiger partial charge in [-0.25, -0.2) is 8.98 Å². The van der Waals surface area contributed by atoms with Crippen LogP contribution in [-0.2, 0) is 19.1 Å². The maximum absolute atomic E-state index is 12.2. The molecular formula is C16H14O6S. The molecule has 0 radical (unpaired) electrons. The van der Waals surface area contributed by atoms with Crippen molar-refractivity contribution in [3.8, 4) is 0 Å². The zero-order valence-electron chi connectivity index (χ0n) is 12.2. The van der Waals surface area contributed by atoms with Crippen molar-refractivity contribution >= 4 is 21.9 Å². The number of aryl methyl sites for hydroxylation is 1. The van der Waals surface area contributed by atoms with Gasteiger partial charge in [0.05, 0.1) is 4.90 Å². The lowest BCUT2D eigenvalue weighted by molar-refractivity contribution is -0.142. The van der Waals surface area contributed by atoms with E-state index in [0.717, 1.165) is 5.56 Å². The average molecular weight is 334 g/mol. The van der Waals surface area contributed by atoms with Gasteiger partial charge in [-0.1, -0.05) is 48.0 Å². The van der Waals surface area contributed by atoms with Crippen molar-refractivity contribution in [2.45, 2.75) is 17.9 Å². The van der Waals surface area contributed by atoms with E-state index in [1.807, 2.05) is 0 Å². The molecule has 6 nitrogen and oxygen atoms in total. The van der Waals surface area contributed by atoms with Crippen LogP contribution in [0.3, 0.4) is 0 Å². The van der Waals surface area contributed by atoms with Crippen LogP contribution in [0.4, 0.5) is 0 Å². The fourth-order valence-corrected chi connectivity index (χ4v) is 2.84. The van der Waals surface area contributed by atoms with E-state index in [-0.39, 0.29) is 10.5 Å². The third kappa shape index (κ3) is 4.02. The standard InChI is InChI=1S/C16H14O6S/c1-11-7-9-13(10-8-11)23(20,21)22-15(16(18)19)14(17)12-5-3-2-4-6-12/h2-10,15H,1H3,(H,18,19). The van der Waals surface area contributed by atoms with Gasteiger partial charge in [0, 0.05) is 5.56 Å². The molecule has 0 saturated carbocycles. The normalized spacial score (nSPS) is 12.6. The zero-order valence-corrected chi connectivity index (χ0v) is 13.0. The van der Waals surface area contributed by atoms with Gasteiger partial charge in [-0.2, -0.15) is 8.42 Å². The van der Waals surface area contributed by atoms with Crippen molar-refractivity contribution in [3.63, 3.8) is 0 Å². The van der Waals surface area contributed by atoms with E-state index >= 15 is 0 Å². The van der Waals surface area contributed by atoms with Gasteiger partial charge in [-0.3, -0.25) is 4.79 Å². The Morgan fingerprint density at radius 3 is 2.09 bits per heavy atom. The molecule has 0 bridgehead atoms. The molecule has 1 atom stereocenters. The molecule has 0 heterocycles. The number of aliphatic carboxylic acids is 1. The van der Waals surface area contributed by atoms with Crippen LogP contribution in [0.15, 0.2) is 59.5 Å². The van der Waals surface area contributed by atoms with E-state index in [4.69, 9.17) is 5.11 Å². The van der Waals surface area contributed by atoms with E-state index in [2.05, 4.69) is 4.18 Å². The topological polar surface area (TPSA) is 97.7 Å². The number of carboxylic acid groups (broad SMARTS) is 1. The Balaban J connectivity index is 2.31. The highest BCUT2D eigenvalue weighted by Gasteiger charge is 2.34. The molecule has 1 N–H and O–H groups in total. The molecule has 1 unspecified atom stereocenters. The molecule has 0 saturated heterocycles. The summed E-state index contributed by atoms with van der Waals surface area (Å²) in [4.78, 5) is 23.2. The summed E-state index contributed by atoms with van der Waals surface area (Å²) in [5.41, 5.74) is 0.887. The number of Topliss-reactive ketones (excluding diaryl/α,β-unsaturated/α-hetero) is 1. The van der Waals surface area contributed by atoms with Crippen LogP contribution < -0.4 is 0 Å². The Morgan fingerprint density at radius 1 is 1.00 bits per heavy atom. The number of benzene rings is 2.